The van der Waals surface area contributed by atoms with Crippen molar-refractivity contribution in [1.82, 2.24) is 4.72 Å². The van der Waals surface area contributed by atoms with Gasteiger partial charge in [0.05, 0.1) is 16.9 Å². The summed E-state index contributed by atoms with van der Waals surface area (Å²) >= 11 is 0. The fourth-order valence-corrected chi connectivity index (χ4v) is 2.62. The zero-order chi connectivity index (χ0) is 17.1. The van der Waals surface area contributed by atoms with Crippen LogP contribution < -0.4 is 4.72 Å². The second-order valence-corrected chi connectivity index (χ2v) is 5.85. The van der Waals surface area contributed by atoms with Gasteiger partial charge >= 0.3 is 18.1 Å². The van der Waals surface area contributed by atoms with Gasteiger partial charge in [-0.2, -0.15) is 17.9 Å². The third-order valence-electron chi connectivity index (χ3n) is 2.47. The van der Waals surface area contributed by atoms with E-state index in [0.29, 0.717) is 24.3 Å². The number of carboxylic acid groups (broad SMARTS) is 2. The molecule has 122 valence electrons. The highest BCUT2D eigenvalue weighted by Gasteiger charge is 2.31. The Morgan fingerprint density at radius 3 is 2.00 bits per heavy atom. The van der Waals surface area contributed by atoms with E-state index >= 15 is 0 Å². The Bertz CT molecular complexity index is 668. The highest BCUT2D eigenvalue weighted by molar-refractivity contribution is 7.89. The number of carbonyl (C=O) groups is 2. The number of halogens is 3. The number of hydrogen-bond donors (Lipinski definition) is 3. The van der Waals surface area contributed by atoms with Crippen molar-refractivity contribution in [2.24, 2.45) is 0 Å². The summed E-state index contributed by atoms with van der Waals surface area (Å²) in [4.78, 5) is 20.6. The molecule has 1 rings (SSSR count). The number of sulfonamides is 1. The zero-order valence-corrected chi connectivity index (χ0v) is 11.5. The van der Waals surface area contributed by atoms with Gasteiger partial charge in [0.1, 0.15) is 6.04 Å². The molecule has 0 bridgehead atoms. The fourth-order valence-electron chi connectivity index (χ4n) is 1.43. The first kappa shape index (κ1) is 17.9. The van der Waals surface area contributed by atoms with Gasteiger partial charge in [-0.25, -0.2) is 8.42 Å². The van der Waals surface area contributed by atoms with E-state index in [-0.39, 0.29) is 0 Å². The first-order valence-electron chi connectivity index (χ1n) is 5.57. The molecule has 0 unspecified atom stereocenters. The Morgan fingerprint density at radius 2 is 1.64 bits per heavy atom. The van der Waals surface area contributed by atoms with Crippen molar-refractivity contribution in [3.8, 4) is 0 Å². The Labute approximate surface area is 122 Å². The first-order valence-corrected chi connectivity index (χ1v) is 7.06. The highest BCUT2D eigenvalue weighted by Crippen LogP contribution is 2.29. The summed E-state index contributed by atoms with van der Waals surface area (Å²) < 4.78 is 62.4. The number of alkyl halides is 3. The van der Waals surface area contributed by atoms with Crippen LogP contribution in [0.2, 0.25) is 0 Å². The second kappa shape index (κ2) is 6.32. The Kier molecular flexibility index (Phi) is 5.14. The van der Waals surface area contributed by atoms with Crippen LogP contribution >= 0.6 is 0 Å². The molecule has 0 radical (unpaired) electrons. The van der Waals surface area contributed by atoms with E-state index in [9.17, 15) is 31.2 Å². The van der Waals surface area contributed by atoms with E-state index in [1.807, 2.05) is 0 Å². The Morgan fingerprint density at radius 1 is 1.14 bits per heavy atom. The van der Waals surface area contributed by atoms with Crippen LogP contribution in [0.4, 0.5) is 13.2 Å². The number of rotatable bonds is 6. The minimum Gasteiger partial charge on any atom is -0.481 e. The highest BCUT2D eigenvalue weighted by atomic mass is 32.2. The topological polar surface area (TPSA) is 121 Å². The summed E-state index contributed by atoms with van der Waals surface area (Å²) in [7, 11) is -4.47. The van der Waals surface area contributed by atoms with Gasteiger partial charge in [0.2, 0.25) is 10.0 Å². The molecule has 22 heavy (non-hydrogen) atoms. The fraction of sp³-hybridized carbons (Fsp3) is 0.273. The normalized spacial score (nSPS) is 13.6. The lowest BCUT2D eigenvalue weighted by Gasteiger charge is -2.13. The largest absolute Gasteiger partial charge is 0.481 e. The monoisotopic (exact) mass is 341 g/mol. The molecule has 0 heterocycles. The van der Waals surface area contributed by atoms with Crippen LogP contribution in [0, 0.1) is 0 Å². The summed E-state index contributed by atoms with van der Waals surface area (Å²) in [5.41, 5.74) is -1.08. The molecule has 0 fully saturated rings. The smallest absolute Gasteiger partial charge is 0.416 e. The third-order valence-corrected chi connectivity index (χ3v) is 3.95. The quantitative estimate of drug-likeness (QED) is 0.707. The molecule has 0 aliphatic carbocycles. The lowest BCUT2D eigenvalue weighted by molar-refractivity contribution is -0.145. The average Bonchev–Trinajstić information content (AvgIpc) is 2.36. The molecule has 1 aromatic carbocycles. The van der Waals surface area contributed by atoms with Crippen molar-refractivity contribution in [3.63, 3.8) is 0 Å². The maximum atomic E-state index is 12.4. The van der Waals surface area contributed by atoms with E-state index in [4.69, 9.17) is 10.2 Å². The maximum Gasteiger partial charge on any atom is 0.416 e. The molecule has 1 aromatic rings. The molecule has 0 spiro atoms. The third kappa shape index (κ3) is 4.70. The van der Waals surface area contributed by atoms with E-state index in [1.165, 1.54) is 0 Å². The van der Waals surface area contributed by atoms with Crippen molar-refractivity contribution in [2.45, 2.75) is 23.5 Å². The Balaban J connectivity index is 3.03. The molecule has 0 aromatic heterocycles. The number of benzene rings is 1. The molecular weight excluding hydrogens is 331 g/mol. The SMILES string of the molecule is O=C(O)C[C@H](NS(=O)(=O)c1ccc(C(F)(F)F)cc1)C(=O)O. The number of aliphatic carboxylic acids is 2. The molecule has 11 heteroatoms. The van der Waals surface area contributed by atoms with E-state index in [0.717, 1.165) is 0 Å². The maximum absolute atomic E-state index is 12.4. The average molecular weight is 341 g/mol. The van der Waals surface area contributed by atoms with Crippen LogP contribution in [-0.2, 0) is 25.8 Å². The van der Waals surface area contributed by atoms with E-state index in [1.54, 1.807) is 4.72 Å². The van der Waals surface area contributed by atoms with E-state index < -0.39 is 51.1 Å². The lowest BCUT2D eigenvalue weighted by atomic mass is 10.2. The van der Waals surface area contributed by atoms with Crippen LogP contribution in [0.3, 0.4) is 0 Å². The lowest BCUT2D eigenvalue weighted by Crippen LogP contribution is -2.42. The Hall–Kier alpha value is -2.14. The van der Waals surface area contributed by atoms with Gasteiger partial charge in [-0.3, -0.25) is 9.59 Å². The van der Waals surface area contributed by atoms with Gasteiger partial charge in [-0.1, -0.05) is 0 Å². The zero-order valence-electron chi connectivity index (χ0n) is 10.7. The molecule has 0 aliphatic heterocycles. The van der Waals surface area contributed by atoms with Crippen molar-refractivity contribution >= 4 is 22.0 Å². The number of carboxylic acids is 2. The number of hydrogen-bond acceptors (Lipinski definition) is 4. The molecule has 0 amide bonds. The summed E-state index contributed by atoms with van der Waals surface area (Å²) in [5, 5.41) is 17.2. The molecular formula is C11H10F3NO6S. The second-order valence-electron chi connectivity index (χ2n) is 4.13. The first-order chi connectivity index (χ1) is 9.93. The molecule has 0 saturated carbocycles. The van der Waals surface area contributed by atoms with Crippen molar-refractivity contribution in [3.05, 3.63) is 29.8 Å². The van der Waals surface area contributed by atoms with Crippen molar-refractivity contribution < 1.29 is 41.4 Å². The standard InChI is InChI=1S/C11H10F3NO6S/c12-11(13,14)6-1-3-7(4-2-6)22(20,21)15-8(10(18)19)5-9(16)17/h1-4,8,15H,5H2,(H,16,17)(H,18,19)/t8-/m0/s1. The van der Waals surface area contributed by atoms with Crippen LogP contribution in [0.1, 0.15) is 12.0 Å². The van der Waals surface area contributed by atoms with Crippen LogP contribution in [0.15, 0.2) is 29.2 Å². The van der Waals surface area contributed by atoms with Gasteiger partial charge < -0.3 is 10.2 Å². The summed E-state index contributed by atoms with van der Waals surface area (Å²) in [6.07, 6.45) is -5.67. The van der Waals surface area contributed by atoms with Crippen LogP contribution in [-0.4, -0.2) is 36.6 Å². The van der Waals surface area contributed by atoms with Crippen molar-refractivity contribution in [2.75, 3.05) is 0 Å². The molecule has 0 aliphatic rings. The minimum atomic E-state index is -4.65. The minimum absolute atomic E-state index is 0.515. The predicted molar refractivity (Wildman–Crippen MR) is 65.4 cm³/mol. The molecule has 3 N–H and O–H groups in total. The van der Waals surface area contributed by atoms with Crippen LogP contribution in [0.5, 0.6) is 0 Å². The molecule has 1 atom stereocenters. The van der Waals surface area contributed by atoms with Crippen molar-refractivity contribution in [1.29, 1.82) is 0 Å². The molecule has 7 nitrogen and oxygen atoms in total. The number of nitrogens with one attached hydrogen (secondary N) is 1. The van der Waals surface area contributed by atoms with E-state index in [2.05, 4.69) is 0 Å². The summed E-state index contributed by atoms with van der Waals surface area (Å²) in [6.45, 7) is 0. The molecule has 0 saturated heterocycles. The van der Waals surface area contributed by atoms with Gasteiger partial charge in [0.25, 0.3) is 0 Å². The van der Waals surface area contributed by atoms with Crippen LogP contribution in [0.25, 0.3) is 0 Å². The summed E-state index contributed by atoms with van der Waals surface area (Å²) in [6, 6.07) is 0.378. The summed E-state index contributed by atoms with van der Waals surface area (Å²) in [5.74, 6) is -3.28. The predicted octanol–water partition coefficient (Wildman–Crippen LogP) is 0.912. The van der Waals surface area contributed by atoms with Gasteiger partial charge in [-0.05, 0) is 24.3 Å². The van der Waals surface area contributed by atoms with Gasteiger partial charge in [0, 0.05) is 0 Å². The van der Waals surface area contributed by atoms with Gasteiger partial charge in [0.15, 0.2) is 0 Å². The van der Waals surface area contributed by atoms with Gasteiger partial charge in [-0.15, -0.1) is 0 Å².